The van der Waals surface area contributed by atoms with Crippen LogP contribution in [0.3, 0.4) is 0 Å². The summed E-state index contributed by atoms with van der Waals surface area (Å²) in [6, 6.07) is 7.35. The molecule has 1 aromatic carbocycles. The fourth-order valence-corrected chi connectivity index (χ4v) is 4.35. The summed E-state index contributed by atoms with van der Waals surface area (Å²) in [4.78, 5) is 42.2. The minimum absolute atomic E-state index is 0.212. The topological polar surface area (TPSA) is 91.0 Å². The molecule has 3 atom stereocenters. The van der Waals surface area contributed by atoms with Crippen LogP contribution in [0.2, 0.25) is 0 Å². The average molecular weight is 475 g/mol. The largest absolute Gasteiger partial charge is 0.353 e. The van der Waals surface area contributed by atoms with Crippen molar-refractivity contribution in [1.29, 1.82) is 0 Å². The van der Waals surface area contributed by atoms with E-state index in [1.807, 2.05) is 64.0 Å². The summed E-state index contributed by atoms with van der Waals surface area (Å²) >= 11 is 0. The van der Waals surface area contributed by atoms with Crippen LogP contribution in [0.25, 0.3) is 0 Å². The second-order valence-corrected chi connectivity index (χ2v) is 9.46. The Labute approximate surface area is 204 Å². The molecule has 8 heteroatoms. The van der Waals surface area contributed by atoms with Crippen LogP contribution in [-0.4, -0.2) is 67.2 Å². The molecule has 1 heterocycles. The van der Waals surface area contributed by atoms with Crippen molar-refractivity contribution in [2.45, 2.75) is 78.7 Å². The Kier molecular flexibility index (Phi) is 10.1. The number of amides is 4. The van der Waals surface area contributed by atoms with Crippen LogP contribution in [-0.2, 0) is 14.3 Å². The van der Waals surface area contributed by atoms with E-state index < -0.39 is 23.8 Å². The van der Waals surface area contributed by atoms with E-state index in [-0.39, 0.29) is 17.9 Å². The molecule has 34 heavy (non-hydrogen) atoms. The summed E-state index contributed by atoms with van der Waals surface area (Å²) in [5.41, 5.74) is 1.34. The average Bonchev–Trinajstić information content (AvgIpc) is 2.79. The molecule has 0 unspecified atom stereocenters. The molecule has 1 fully saturated rings. The number of carbonyl (C=O) groups is 3. The Morgan fingerprint density at radius 3 is 2.29 bits per heavy atom. The van der Waals surface area contributed by atoms with Gasteiger partial charge in [-0.25, -0.2) is 9.69 Å². The number of rotatable bonds is 12. The number of urea groups is 1. The highest BCUT2D eigenvalue weighted by Gasteiger charge is 2.62. The number of imide groups is 1. The van der Waals surface area contributed by atoms with Crippen LogP contribution in [0, 0.1) is 12.3 Å². The fraction of sp³-hybridized carbons (Fsp3) is 0.654. The van der Waals surface area contributed by atoms with Gasteiger partial charge in [-0.1, -0.05) is 57.0 Å². The number of benzene rings is 1. The second-order valence-electron chi connectivity index (χ2n) is 9.46. The van der Waals surface area contributed by atoms with E-state index in [4.69, 9.17) is 4.74 Å². The molecule has 0 saturated carbocycles. The number of likely N-dealkylation sites (tertiary alicyclic amines) is 1. The minimum Gasteiger partial charge on any atom is -0.353 e. The summed E-state index contributed by atoms with van der Waals surface area (Å²) < 4.78 is 6.09. The van der Waals surface area contributed by atoms with E-state index in [2.05, 4.69) is 17.6 Å². The Morgan fingerprint density at radius 2 is 1.76 bits per heavy atom. The third kappa shape index (κ3) is 6.16. The first-order chi connectivity index (χ1) is 16.1. The molecule has 2 N–H and O–H groups in total. The lowest BCUT2D eigenvalue weighted by Gasteiger charge is -2.54. The molecule has 1 aliphatic heterocycles. The van der Waals surface area contributed by atoms with Gasteiger partial charge in [-0.2, -0.15) is 0 Å². The first-order valence-electron chi connectivity index (χ1n) is 12.4. The van der Waals surface area contributed by atoms with Crippen molar-refractivity contribution in [2.24, 2.45) is 5.41 Å². The zero-order valence-corrected chi connectivity index (χ0v) is 21.8. The minimum atomic E-state index is -0.806. The molecule has 8 nitrogen and oxygen atoms in total. The summed E-state index contributed by atoms with van der Waals surface area (Å²) in [5, 5.41) is 5.88. The number of ether oxygens (including phenoxy) is 1. The molecular formula is C26H42N4O4. The predicted octanol–water partition coefficient (Wildman–Crippen LogP) is 3.60. The van der Waals surface area contributed by atoms with E-state index >= 15 is 0 Å². The highest BCUT2D eigenvalue weighted by Crippen LogP contribution is 2.46. The number of aryl methyl sites for hydroxylation is 1. The zero-order valence-electron chi connectivity index (χ0n) is 21.8. The lowest BCUT2D eigenvalue weighted by Crippen LogP contribution is -2.73. The molecule has 4 amide bonds. The number of nitrogens with one attached hydrogen (secondary N) is 2. The first kappa shape index (κ1) is 27.8. The summed E-state index contributed by atoms with van der Waals surface area (Å²) in [6.45, 7) is 10.8. The van der Waals surface area contributed by atoms with E-state index in [1.54, 1.807) is 6.92 Å². The predicted molar refractivity (Wildman–Crippen MR) is 133 cm³/mol. The van der Waals surface area contributed by atoms with Crippen LogP contribution < -0.4 is 10.6 Å². The Hall–Kier alpha value is -2.45. The molecule has 1 aliphatic rings. The van der Waals surface area contributed by atoms with Gasteiger partial charge in [-0.3, -0.25) is 9.59 Å². The molecular weight excluding hydrogens is 432 g/mol. The lowest BCUT2D eigenvalue weighted by molar-refractivity contribution is -0.220. The maximum atomic E-state index is 13.3. The third-order valence-corrected chi connectivity index (χ3v) is 6.75. The maximum Gasteiger partial charge on any atom is 0.326 e. The Morgan fingerprint density at radius 1 is 1.15 bits per heavy atom. The van der Waals surface area contributed by atoms with Crippen molar-refractivity contribution in [3.63, 3.8) is 0 Å². The van der Waals surface area contributed by atoms with E-state index in [0.29, 0.717) is 25.9 Å². The Bertz CT molecular complexity index is 836. The van der Waals surface area contributed by atoms with E-state index in [9.17, 15) is 14.4 Å². The van der Waals surface area contributed by atoms with Crippen molar-refractivity contribution in [2.75, 3.05) is 27.2 Å². The smallest absolute Gasteiger partial charge is 0.326 e. The lowest BCUT2D eigenvalue weighted by atomic mass is 9.72. The third-order valence-electron chi connectivity index (χ3n) is 6.75. The SMILES string of the molecule is CCC[C@@H](NC(=O)N1C(=O)C(CC)(CC)[C@@H]1O[C@@H](C)C(=O)NCCN(C)C)c1ccc(C)cc1. The van der Waals surface area contributed by atoms with Gasteiger partial charge < -0.3 is 20.3 Å². The molecule has 2 rings (SSSR count). The number of hydrogen-bond acceptors (Lipinski definition) is 5. The number of β-lactam (4-membered cyclic amide) rings is 1. The first-order valence-corrected chi connectivity index (χ1v) is 12.4. The van der Waals surface area contributed by atoms with Gasteiger partial charge >= 0.3 is 6.03 Å². The normalized spacial score (nSPS) is 18.9. The standard InChI is InChI=1S/C26H42N4O4/c1-8-11-21(20-14-12-18(4)13-15-20)28-25(33)30-23(32)26(9-2,10-3)24(30)34-19(5)22(31)27-16-17-29(6)7/h12-15,19,21,24H,8-11,16-17H2,1-7H3,(H,27,31)(H,28,33)/t19-,21+,24-/m0/s1. The van der Waals surface area contributed by atoms with Gasteiger partial charge in [0.05, 0.1) is 11.5 Å². The molecule has 0 bridgehead atoms. The summed E-state index contributed by atoms with van der Waals surface area (Å²) in [6.07, 6.45) is 1.11. The monoisotopic (exact) mass is 474 g/mol. The van der Waals surface area contributed by atoms with E-state index in [0.717, 1.165) is 28.9 Å². The highest BCUT2D eigenvalue weighted by molar-refractivity contribution is 6.03. The van der Waals surface area contributed by atoms with Crippen LogP contribution in [0.15, 0.2) is 24.3 Å². The highest BCUT2D eigenvalue weighted by atomic mass is 16.5. The number of carbonyl (C=O) groups excluding carboxylic acids is 3. The number of likely N-dealkylation sites (N-methyl/N-ethyl adjacent to an activating group) is 1. The second kappa shape index (κ2) is 12.3. The number of hydrogen-bond donors (Lipinski definition) is 2. The van der Waals surface area contributed by atoms with Gasteiger partial charge in [0.2, 0.25) is 11.8 Å². The van der Waals surface area contributed by atoms with Crippen LogP contribution >= 0.6 is 0 Å². The summed E-state index contributed by atoms with van der Waals surface area (Å²) in [5.74, 6) is -0.509. The van der Waals surface area contributed by atoms with Gasteiger partial charge in [-0.15, -0.1) is 0 Å². The van der Waals surface area contributed by atoms with Gasteiger partial charge in [0.1, 0.15) is 6.10 Å². The zero-order chi connectivity index (χ0) is 25.5. The molecule has 0 aromatic heterocycles. The quantitative estimate of drug-likeness (QED) is 0.452. The van der Waals surface area contributed by atoms with Crippen molar-refractivity contribution in [1.82, 2.24) is 20.4 Å². The van der Waals surface area contributed by atoms with Crippen molar-refractivity contribution >= 4 is 17.8 Å². The van der Waals surface area contributed by atoms with Gasteiger partial charge in [0, 0.05) is 13.1 Å². The van der Waals surface area contributed by atoms with Crippen LogP contribution in [0.4, 0.5) is 4.79 Å². The molecule has 190 valence electrons. The van der Waals surface area contributed by atoms with E-state index in [1.165, 1.54) is 0 Å². The van der Waals surface area contributed by atoms with Crippen LogP contribution in [0.5, 0.6) is 0 Å². The van der Waals surface area contributed by atoms with Crippen molar-refractivity contribution in [3.8, 4) is 0 Å². The summed E-state index contributed by atoms with van der Waals surface area (Å²) in [7, 11) is 3.86. The fourth-order valence-electron chi connectivity index (χ4n) is 4.35. The molecule has 1 aromatic rings. The molecule has 0 radical (unpaired) electrons. The number of nitrogens with zero attached hydrogens (tertiary/aromatic N) is 2. The Balaban J connectivity index is 2.17. The molecule has 1 saturated heterocycles. The van der Waals surface area contributed by atoms with Gasteiger partial charge in [0.25, 0.3) is 0 Å². The molecule has 0 aliphatic carbocycles. The van der Waals surface area contributed by atoms with Crippen LogP contribution in [0.1, 0.15) is 70.5 Å². The van der Waals surface area contributed by atoms with Gasteiger partial charge in [0.15, 0.2) is 6.23 Å². The van der Waals surface area contributed by atoms with Crippen molar-refractivity contribution in [3.05, 3.63) is 35.4 Å². The van der Waals surface area contributed by atoms with Crippen molar-refractivity contribution < 1.29 is 19.1 Å². The van der Waals surface area contributed by atoms with Gasteiger partial charge in [-0.05, 0) is 52.8 Å². The molecule has 0 spiro atoms. The maximum absolute atomic E-state index is 13.3.